The normalized spacial score (nSPS) is 18.9. The molecule has 0 unspecified atom stereocenters. The lowest BCUT2D eigenvalue weighted by Gasteiger charge is -2.38. The van der Waals surface area contributed by atoms with Crippen molar-refractivity contribution in [2.24, 2.45) is 5.92 Å². The standard InChI is InChI=1S/C26H35N3O3/c1-18(2)23(17-29-24(30)14-13-22(28-29)19-7-8-19)27-25(31)26(15-5-4-6-16-26)20-9-11-21(32-3)12-10-20/h9-14,18-19,23H,4-8,15-17H2,1-3H3,(H,27,31)/t23-/m1/s1. The van der Waals surface area contributed by atoms with Crippen LogP contribution in [0.4, 0.5) is 0 Å². The quantitative estimate of drug-likeness (QED) is 0.673. The largest absolute Gasteiger partial charge is 0.497 e. The first kappa shape index (κ1) is 22.6. The molecule has 1 heterocycles. The molecule has 1 aromatic heterocycles. The van der Waals surface area contributed by atoms with Crippen LogP contribution in [-0.2, 0) is 16.8 Å². The third kappa shape index (κ3) is 4.74. The Morgan fingerprint density at radius 1 is 1.12 bits per heavy atom. The molecule has 2 aromatic rings. The third-order valence-electron chi connectivity index (χ3n) is 7.16. The van der Waals surface area contributed by atoms with Crippen molar-refractivity contribution in [3.63, 3.8) is 0 Å². The third-order valence-corrected chi connectivity index (χ3v) is 7.16. The van der Waals surface area contributed by atoms with Gasteiger partial charge in [-0.25, -0.2) is 4.68 Å². The number of hydrogen-bond acceptors (Lipinski definition) is 4. The molecule has 2 aliphatic rings. The van der Waals surface area contributed by atoms with Crippen molar-refractivity contribution in [3.05, 3.63) is 58.0 Å². The van der Waals surface area contributed by atoms with Crippen LogP contribution < -0.4 is 15.6 Å². The molecular weight excluding hydrogens is 402 g/mol. The molecule has 2 aliphatic carbocycles. The van der Waals surface area contributed by atoms with Crippen LogP contribution in [0.25, 0.3) is 0 Å². The van der Waals surface area contributed by atoms with Gasteiger partial charge in [-0.2, -0.15) is 5.10 Å². The lowest BCUT2D eigenvalue weighted by Crippen LogP contribution is -2.52. The minimum absolute atomic E-state index is 0.0625. The summed E-state index contributed by atoms with van der Waals surface area (Å²) in [5.41, 5.74) is 1.38. The maximum Gasteiger partial charge on any atom is 0.266 e. The summed E-state index contributed by atoms with van der Waals surface area (Å²) >= 11 is 0. The number of carbonyl (C=O) groups is 1. The molecule has 172 valence electrons. The summed E-state index contributed by atoms with van der Waals surface area (Å²) in [5, 5.41) is 7.93. The van der Waals surface area contributed by atoms with Crippen molar-refractivity contribution < 1.29 is 9.53 Å². The molecule has 2 fully saturated rings. The first-order chi connectivity index (χ1) is 15.4. The van der Waals surface area contributed by atoms with Crippen LogP contribution in [-0.4, -0.2) is 28.8 Å². The smallest absolute Gasteiger partial charge is 0.266 e. The van der Waals surface area contributed by atoms with Gasteiger partial charge in [-0.15, -0.1) is 0 Å². The number of benzene rings is 1. The maximum atomic E-state index is 13.8. The van der Waals surface area contributed by atoms with Gasteiger partial charge >= 0.3 is 0 Å². The Bertz CT molecular complexity index is 986. The van der Waals surface area contributed by atoms with E-state index in [2.05, 4.69) is 24.3 Å². The number of rotatable bonds is 8. The van der Waals surface area contributed by atoms with Crippen molar-refractivity contribution in [1.82, 2.24) is 15.1 Å². The molecule has 0 radical (unpaired) electrons. The number of carbonyl (C=O) groups excluding carboxylic acids is 1. The Kier molecular flexibility index (Phi) is 6.68. The lowest BCUT2D eigenvalue weighted by molar-refractivity contribution is -0.129. The molecule has 1 atom stereocenters. The zero-order chi connectivity index (χ0) is 22.7. The van der Waals surface area contributed by atoms with Crippen LogP contribution in [0.5, 0.6) is 5.75 Å². The van der Waals surface area contributed by atoms with E-state index in [1.807, 2.05) is 30.3 Å². The number of ether oxygens (including phenoxy) is 1. The van der Waals surface area contributed by atoms with E-state index in [1.54, 1.807) is 17.9 Å². The number of nitrogens with zero attached hydrogens (tertiary/aromatic N) is 2. The molecule has 0 spiro atoms. The number of methoxy groups -OCH3 is 1. The van der Waals surface area contributed by atoms with Crippen LogP contribution in [0, 0.1) is 5.92 Å². The van der Waals surface area contributed by atoms with Gasteiger partial charge in [-0.3, -0.25) is 9.59 Å². The van der Waals surface area contributed by atoms with E-state index in [1.165, 1.54) is 0 Å². The zero-order valence-corrected chi connectivity index (χ0v) is 19.5. The molecule has 6 nitrogen and oxygen atoms in total. The van der Waals surface area contributed by atoms with Crippen molar-refractivity contribution in [1.29, 1.82) is 0 Å². The molecular formula is C26H35N3O3. The highest BCUT2D eigenvalue weighted by molar-refractivity contribution is 5.88. The fourth-order valence-corrected chi connectivity index (χ4v) is 4.82. The molecule has 1 aromatic carbocycles. The number of amides is 1. The topological polar surface area (TPSA) is 73.2 Å². The van der Waals surface area contributed by atoms with Crippen LogP contribution in [0.3, 0.4) is 0 Å². The Hall–Kier alpha value is -2.63. The Morgan fingerprint density at radius 3 is 2.41 bits per heavy atom. The van der Waals surface area contributed by atoms with Gasteiger partial charge in [0.1, 0.15) is 5.75 Å². The van der Waals surface area contributed by atoms with Crippen molar-refractivity contribution in [3.8, 4) is 5.75 Å². The predicted octanol–water partition coefficient (Wildman–Crippen LogP) is 4.17. The molecule has 32 heavy (non-hydrogen) atoms. The van der Waals surface area contributed by atoms with Gasteiger partial charge in [-0.1, -0.05) is 45.2 Å². The van der Waals surface area contributed by atoms with Gasteiger partial charge in [0.15, 0.2) is 0 Å². The monoisotopic (exact) mass is 437 g/mol. The van der Waals surface area contributed by atoms with E-state index in [4.69, 9.17) is 4.74 Å². The second-order valence-electron chi connectivity index (χ2n) is 9.75. The molecule has 2 saturated carbocycles. The summed E-state index contributed by atoms with van der Waals surface area (Å²) < 4.78 is 6.86. The lowest BCUT2D eigenvalue weighted by atomic mass is 9.68. The fourth-order valence-electron chi connectivity index (χ4n) is 4.82. The summed E-state index contributed by atoms with van der Waals surface area (Å²) in [4.78, 5) is 26.3. The van der Waals surface area contributed by atoms with Gasteiger partial charge in [0, 0.05) is 12.0 Å². The summed E-state index contributed by atoms with van der Waals surface area (Å²) in [6, 6.07) is 11.2. The number of aromatic nitrogens is 2. The van der Waals surface area contributed by atoms with Crippen LogP contribution in [0.2, 0.25) is 0 Å². The van der Waals surface area contributed by atoms with Crippen molar-refractivity contribution >= 4 is 5.91 Å². The van der Waals surface area contributed by atoms with Crippen LogP contribution >= 0.6 is 0 Å². The molecule has 0 saturated heterocycles. The summed E-state index contributed by atoms with van der Waals surface area (Å²) in [7, 11) is 1.65. The van der Waals surface area contributed by atoms with Crippen LogP contribution in [0.1, 0.15) is 76.0 Å². The summed E-state index contributed by atoms with van der Waals surface area (Å²) in [5.74, 6) is 1.51. The summed E-state index contributed by atoms with van der Waals surface area (Å²) in [6.07, 6.45) is 7.19. The first-order valence-corrected chi connectivity index (χ1v) is 12.0. The van der Waals surface area contributed by atoms with Gasteiger partial charge in [0.2, 0.25) is 5.91 Å². The second-order valence-corrected chi connectivity index (χ2v) is 9.75. The van der Waals surface area contributed by atoms with E-state index in [0.29, 0.717) is 12.5 Å². The van der Waals surface area contributed by atoms with Gasteiger partial charge in [-0.05, 0) is 55.4 Å². The first-order valence-electron chi connectivity index (χ1n) is 12.0. The predicted molar refractivity (Wildman–Crippen MR) is 125 cm³/mol. The average Bonchev–Trinajstić information content (AvgIpc) is 3.66. The molecule has 4 rings (SSSR count). The van der Waals surface area contributed by atoms with E-state index in [-0.39, 0.29) is 23.4 Å². The van der Waals surface area contributed by atoms with E-state index < -0.39 is 5.41 Å². The van der Waals surface area contributed by atoms with Crippen molar-refractivity contribution in [2.45, 2.75) is 82.7 Å². The minimum atomic E-state index is -0.536. The minimum Gasteiger partial charge on any atom is -0.497 e. The average molecular weight is 438 g/mol. The molecule has 6 heteroatoms. The van der Waals surface area contributed by atoms with E-state index in [9.17, 15) is 9.59 Å². The van der Waals surface area contributed by atoms with Crippen LogP contribution in [0.15, 0.2) is 41.2 Å². The van der Waals surface area contributed by atoms with Gasteiger partial charge in [0.25, 0.3) is 5.56 Å². The highest BCUT2D eigenvalue weighted by Crippen LogP contribution is 2.41. The van der Waals surface area contributed by atoms with E-state index in [0.717, 1.165) is 62.0 Å². The van der Waals surface area contributed by atoms with Gasteiger partial charge in [0.05, 0.1) is 30.8 Å². The number of hydrogen-bond donors (Lipinski definition) is 1. The van der Waals surface area contributed by atoms with Crippen molar-refractivity contribution in [2.75, 3.05) is 7.11 Å². The molecule has 0 bridgehead atoms. The fraction of sp³-hybridized carbons (Fsp3) is 0.577. The second kappa shape index (κ2) is 9.47. The Balaban J connectivity index is 1.57. The highest BCUT2D eigenvalue weighted by atomic mass is 16.5. The summed E-state index contributed by atoms with van der Waals surface area (Å²) in [6.45, 7) is 4.56. The SMILES string of the molecule is COc1ccc(C2(C(=O)N[C@H](Cn3nc(C4CC4)ccc3=O)C(C)C)CCCCC2)cc1. The Labute approximate surface area is 190 Å². The molecule has 1 N–H and O–H groups in total. The maximum absolute atomic E-state index is 13.8. The van der Waals surface area contributed by atoms with E-state index >= 15 is 0 Å². The van der Waals surface area contributed by atoms with Gasteiger partial charge < -0.3 is 10.1 Å². The highest BCUT2D eigenvalue weighted by Gasteiger charge is 2.42. The molecule has 1 amide bonds. The molecule has 0 aliphatic heterocycles. The number of nitrogens with one attached hydrogen (secondary N) is 1. The zero-order valence-electron chi connectivity index (χ0n) is 19.5. The Morgan fingerprint density at radius 2 is 1.81 bits per heavy atom.